The first-order chi connectivity index (χ1) is 10.1. The van der Waals surface area contributed by atoms with E-state index in [1.165, 1.54) is 0 Å². The standard InChI is InChI=1S/C16H18N2O3/c1-18-13(16(19)20)10-21-14-9-5-8-12(15(14)17)11-6-3-2-4-7-11/h2-9,13,18H,10,17H2,1H3,(H,19,20)/t13-/m0/s1. The van der Waals surface area contributed by atoms with E-state index < -0.39 is 12.0 Å². The molecule has 0 unspecified atom stereocenters. The van der Waals surface area contributed by atoms with E-state index in [4.69, 9.17) is 15.6 Å². The summed E-state index contributed by atoms with van der Waals surface area (Å²) >= 11 is 0. The lowest BCUT2D eigenvalue weighted by molar-refractivity contribution is -0.140. The van der Waals surface area contributed by atoms with Gasteiger partial charge in [-0.15, -0.1) is 0 Å². The van der Waals surface area contributed by atoms with Crippen LogP contribution < -0.4 is 15.8 Å². The number of para-hydroxylation sites is 1. The highest BCUT2D eigenvalue weighted by Crippen LogP contribution is 2.33. The predicted octanol–water partition coefficient (Wildman–Crippen LogP) is 1.99. The molecule has 0 saturated carbocycles. The molecule has 5 nitrogen and oxygen atoms in total. The maximum Gasteiger partial charge on any atom is 0.324 e. The molecule has 2 rings (SSSR count). The number of likely N-dealkylation sites (N-methyl/N-ethyl adjacent to an activating group) is 1. The highest BCUT2D eigenvalue weighted by atomic mass is 16.5. The number of nitrogens with two attached hydrogens (primary N) is 1. The number of hydrogen-bond acceptors (Lipinski definition) is 4. The molecule has 21 heavy (non-hydrogen) atoms. The predicted molar refractivity (Wildman–Crippen MR) is 82.3 cm³/mol. The zero-order valence-corrected chi connectivity index (χ0v) is 11.7. The van der Waals surface area contributed by atoms with E-state index in [9.17, 15) is 4.79 Å². The van der Waals surface area contributed by atoms with Crippen LogP contribution in [-0.2, 0) is 4.79 Å². The Morgan fingerprint density at radius 3 is 2.57 bits per heavy atom. The van der Waals surface area contributed by atoms with E-state index in [2.05, 4.69) is 5.32 Å². The summed E-state index contributed by atoms with van der Waals surface area (Å²) in [6, 6.07) is 14.4. The van der Waals surface area contributed by atoms with Crippen molar-refractivity contribution in [3.8, 4) is 16.9 Å². The van der Waals surface area contributed by atoms with Crippen molar-refractivity contribution in [2.45, 2.75) is 6.04 Å². The number of carboxylic acid groups (broad SMARTS) is 1. The highest BCUT2D eigenvalue weighted by Gasteiger charge is 2.16. The molecule has 0 radical (unpaired) electrons. The second-order valence-corrected chi connectivity index (χ2v) is 4.57. The van der Waals surface area contributed by atoms with Crippen LogP contribution in [0.5, 0.6) is 5.75 Å². The zero-order chi connectivity index (χ0) is 15.2. The van der Waals surface area contributed by atoms with Crippen molar-refractivity contribution in [1.82, 2.24) is 5.32 Å². The molecular formula is C16H18N2O3. The lowest BCUT2D eigenvalue weighted by Gasteiger charge is -2.15. The summed E-state index contributed by atoms with van der Waals surface area (Å²) in [4.78, 5) is 11.0. The van der Waals surface area contributed by atoms with Crippen LogP contribution in [0.2, 0.25) is 0 Å². The molecule has 0 heterocycles. The quantitative estimate of drug-likeness (QED) is 0.707. The molecule has 0 aromatic heterocycles. The molecular weight excluding hydrogens is 268 g/mol. The van der Waals surface area contributed by atoms with Gasteiger partial charge in [-0.1, -0.05) is 42.5 Å². The Balaban J connectivity index is 2.21. The molecule has 110 valence electrons. The van der Waals surface area contributed by atoms with E-state index in [0.717, 1.165) is 11.1 Å². The van der Waals surface area contributed by atoms with Crippen molar-refractivity contribution in [1.29, 1.82) is 0 Å². The first kappa shape index (κ1) is 14.9. The van der Waals surface area contributed by atoms with Gasteiger partial charge in [-0.2, -0.15) is 0 Å². The minimum atomic E-state index is -0.963. The van der Waals surface area contributed by atoms with Gasteiger partial charge in [0, 0.05) is 5.56 Å². The number of benzene rings is 2. The molecule has 0 bridgehead atoms. The Kier molecular flexibility index (Phi) is 4.79. The van der Waals surface area contributed by atoms with Gasteiger partial charge in [-0.05, 0) is 18.7 Å². The fraction of sp³-hybridized carbons (Fsp3) is 0.188. The Morgan fingerprint density at radius 1 is 1.24 bits per heavy atom. The number of hydrogen-bond donors (Lipinski definition) is 3. The van der Waals surface area contributed by atoms with Crippen molar-refractivity contribution in [2.24, 2.45) is 0 Å². The van der Waals surface area contributed by atoms with Gasteiger partial charge in [0.15, 0.2) is 0 Å². The van der Waals surface area contributed by atoms with Crippen molar-refractivity contribution < 1.29 is 14.6 Å². The minimum Gasteiger partial charge on any atom is -0.489 e. The maximum absolute atomic E-state index is 11.0. The molecule has 2 aromatic rings. The molecule has 1 atom stereocenters. The lowest BCUT2D eigenvalue weighted by atomic mass is 10.0. The van der Waals surface area contributed by atoms with Crippen LogP contribution in [0.15, 0.2) is 48.5 Å². The fourth-order valence-electron chi connectivity index (χ4n) is 1.99. The zero-order valence-electron chi connectivity index (χ0n) is 11.7. The Labute approximate surface area is 123 Å². The molecule has 0 saturated heterocycles. The number of nitrogen functional groups attached to an aromatic ring is 1. The monoisotopic (exact) mass is 286 g/mol. The third kappa shape index (κ3) is 3.52. The van der Waals surface area contributed by atoms with Gasteiger partial charge in [-0.3, -0.25) is 4.79 Å². The minimum absolute atomic E-state index is 0.00821. The second-order valence-electron chi connectivity index (χ2n) is 4.57. The van der Waals surface area contributed by atoms with E-state index >= 15 is 0 Å². The Hall–Kier alpha value is -2.53. The SMILES string of the molecule is CN[C@@H](COc1cccc(-c2ccccc2)c1N)C(=O)O. The van der Waals surface area contributed by atoms with E-state index in [1.807, 2.05) is 42.5 Å². The van der Waals surface area contributed by atoms with Crippen molar-refractivity contribution in [3.63, 3.8) is 0 Å². The Bertz CT molecular complexity index is 614. The number of carbonyl (C=O) groups is 1. The topological polar surface area (TPSA) is 84.6 Å². The van der Waals surface area contributed by atoms with Gasteiger partial charge in [0.1, 0.15) is 18.4 Å². The Morgan fingerprint density at radius 2 is 1.95 bits per heavy atom. The normalized spacial score (nSPS) is 11.9. The van der Waals surface area contributed by atoms with Gasteiger partial charge in [0.2, 0.25) is 0 Å². The van der Waals surface area contributed by atoms with Crippen LogP contribution in [-0.4, -0.2) is 30.8 Å². The summed E-state index contributed by atoms with van der Waals surface area (Å²) in [7, 11) is 1.58. The molecule has 5 heteroatoms. The summed E-state index contributed by atoms with van der Waals surface area (Å²) in [6.07, 6.45) is 0. The summed E-state index contributed by atoms with van der Waals surface area (Å²) in [5, 5.41) is 11.7. The summed E-state index contributed by atoms with van der Waals surface area (Å²) in [5.41, 5.74) is 8.48. The van der Waals surface area contributed by atoms with Crippen molar-refractivity contribution in [3.05, 3.63) is 48.5 Å². The summed E-state index contributed by atoms with van der Waals surface area (Å²) < 4.78 is 5.54. The van der Waals surface area contributed by atoms with Crippen LogP contribution in [0.4, 0.5) is 5.69 Å². The average molecular weight is 286 g/mol. The molecule has 0 aliphatic rings. The molecule has 0 aliphatic carbocycles. The lowest BCUT2D eigenvalue weighted by Crippen LogP contribution is -2.39. The van der Waals surface area contributed by atoms with Crippen LogP contribution in [0.3, 0.4) is 0 Å². The van der Waals surface area contributed by atoms with E-state index in [1.54, 1.807) is 13.1 Å². The van der Waals surface area contributed by atoms with Gasteiger partial charge < -0.3 is 20.9 Å². The van der Waals surface area contributed by atoms with Gasteiger partial charge in [0.05, 0.1) is 5.69 Å². The van der Waals surface area contributed by atoms with Crippen LogP contribution in [0, 0.1) is 0 Å². The fourth-order valence-corrected chi connectivity index (χ4v) is 1.99. The number of nitrogens with one attached hydrogen (secondary N) is 1. The maximum atomic E-state index is 11.0. The van der Waals surface area contributed by atoms with Crippen LogP contribution in [0.1, 0.15) is 0 Å². The van der Waals surface area contributed by atoms with Crippen LogP contribution in [0.25, 0.3) is 11.1 Å². The van der Waals surface area contributed by atoms with Crippen LogP contribution >= 0.6 is 0 Å². The largest absolute Gasteiger partial charge is 0.489 e. The number of aliphatic carboxylic acids is 1. The molecule has 2 aromatic carbocycles. The van der Waals surface area contributed by atoms with Gasteiger partial charge in [-0.25, -0.2) is 0 Å². The molecule has 0 amide bonds. The molecule has 4 N–H and O–H groups in total. The van der Waals surface area contributed by atoms with Gasteiger partial charge >= 0.3 is 5.97 Å². The second kappa shape index (κ2) is 6.76. The van der Waals surface area contributed by atoms with E-state index in [0.29, 0.717) is 11.4 Å². The first-order valence-electron chi connectivity index (χ1n) is 6.60. The average Bonchev–Trinajstić information content (AvgIpc) is 2.50. The number of anilines is 1. The van der Waals surface area contributed by atoms with Crippen molar-refractivity contribution in [2.75, 3.05) is 19.4 Å². The summed E-state index contributed by atoms with van der Waals surface area (Å²) in [5.74, 6) is -0.479. The smallest absolute Gasteiger partial charge is 0.324 e. The number of rotatable bonds is 6. The first-order valence-corrected chi connectivity index (χ1v) is 6.60. The number of ether oxygens (including phenoxy) is 1. The number of carboxylic acids is 1. The van der Waals surface area contributed by atoms with Gasteiger partial charge in [0.25, 0.3) is 0 Å². The third-order valence-electron chi connectivity index (χ3n) is 3.20. The highest BCUT2D eigenvalue weighted by molar-refractivity contribution is 5.80. The van der Waals surface area contributed by atoms with Crippen molar-refractivity contribution >= 4 is 11.7 Å². The molecule has 0 aliphatic heterocycles. The van der Waals surface area contributed by atoms with E-state index in [-0.39, 0.29) is 6.61 Å². The third-order valence-corrected chi connectivity index (χ3v) is 3.20. The molecule has 0 spiro atoms. The molecule has 0 fully saturated rings. The summed E-state index contributed by atoms with van der Waals surface area (Å²) in [6.45, 7) is 0.00821.